The van der Waals surface area contributed by atoms with Crippen LogP contribution in [0.5, 0.6) is 0 Å². The number of nitrogens with zero attached hydrogens (tertiary/aromatic N) is 2. The zero-order valence-corrected chi connectivity index (χ0v) is 7.52. The third-order valence-corrected chi connectivity index (χ3v) is 1.59. The van der Waals surface area contributed by atoms with E-state index >= 15 is 0 Å². The molecule has 0 aliphatic rings. The van der Waals surface area contributed by atoms with Crippen LogP contribution in [-0.2, 0) is 0 Å². The molecule has 0 amide bonds. The van der Waals surface area contributed by atoms with Gasteiger partial charge < -0.3 is 11.1 Å². The first-order valence-corrected chi connectivity index (χ1v) is 3.84. The number of hydrogen-bond acceptors (Lipinski definition) is 4. The quantitative estimate of drug-likeness (QED) is 0.754. The van der Waals surface area contributed by atoms with Crippen molar-refractivity contribution in [1.29, 1.82) is 0 Å². The van der Waals surface area contributed by atoms with Gasteiger partial charge in [-0.1, -0.05) is 11.6 Å². The molecule has 14 heavy (non-hydrogen) atoms. The maximum atomic E-state index is 11.8. The minimum atomic E-state index is -4.33. The van der Waals surface area contributed by atoms with Gasteiger partial charge in [0, 0.05) is 0 Å². The molecule has 0 aliphatic carbocycles. The van der Waals surface area contributed by atoms with Gasteiger partial charge in [-0.05, 0) is 0 Å². The van der Waals surface area contributed by atoms with E-state index in [1.165, 1.54) is 0 Å². The third-order valence-electron chi connectivity index (χ3n) is 1.29. The topological polar surface area (TPSA) is 63.8 Å². The highest BCUT2D eigenvalue weighted by Crippen LogP contribution is 2.23. The SMILES string of the molecule is Nc1c(Cl)ncnc1NCC(F)(F)F. The molecule has 1 aromatic rings. The van der Waals surface area contributed by atoms with Crippen molar-refractivity contribution in [1.82, 2.24) is 9.97 Å². The van der Waals surface area contributed by atoms with Crippen LogP contribution in [0.2, 0.25) is 5.15 Å². The number of anilines is 2. The Morgan fingerprint density at radius 1 is 1.43 bits per heavy atom. The minimum absolute atomic E-state index is 0.0790. The van der Waals surface area contributed by atoms with E-state index in [0.717, 1.165) is 6.33 Å². The molecule has 0 radical (unpaired) electrons. The average molecular weight is 227 g/mol. The predicted octanol–water partition coefficient (Wildman–Crippen LogP) is 1.69. The maximum absolute atomic E-state index is 11.8. The van der Waals surface area contributed by atoms with Crippen LogP contribution in [0.3, 0.4) is 0 Å². The highest BCUT2D eigenvalue weighted by atomic mass is 35.5. The van der Waals surface area contributed by atoms with Gasteiger partial charge in [0.05, 0.1) is 0 Å². The lowest BCUT2D eigenvalue weighted by atomic mass is 10.4. The Bertz CT molecular complexity index is 327. The first-order chi connectivity index (χ1) is 6.40. The average Bonchev–Trinajstić information content (AvgIpc) is 2.06. The molecule has 0 aliphatic heterocycles. The largest absolute Gasteiger partial charge is 0.405 e. The van der Waals surface area contributed by atoms with Crippen molar-refractivity contribution >= 4 is 23.1 Å². The van der Waals surface area contributed by atoms with Gasteiger partial charge in [0.1, 0.15) is 18.6 Å². The fourth-order valence-corrected chi connectivity index (χ4v) is 0.832. The van der Waals surface area contributed by atoms with Gasteiger partial charge in [0.15, 0.2) is 11.0 Å². The Labute approximate surface area is 82.3 Å². The molecular weight excluding hydrogens is 221 g/mol. The molecular formula is C6H6ClF3N4. The molecule has 0 atom stereocenters. The van der Waals surface area contributed by atoms with E-state index in [-0.39, 0.29) is 16.7 Å². The summed E-state index contributed by atoms with van der Waals surface area (Å²) < 4.78 is 35.4. The summed E-state index contributed by atoms with van der Waals surface area (Å²) in [5, 5.41) is 1.93. The molecule has 0 unspecified atom stereocenters. The summed E-state index contributed by atoms with van der Waals surface area (Å²) in [6.07, 6.45) is -3.30. The van der Waals surface area contributed by atoms with Gasteiger partial charge in [-0.3, -0.25) is 0 Å². The predicted molar refractivity (Wildman–Crippen MR) is 46.0 cm³/mol. The Hall–Kier alpha value is -1.24. The van der Waals surface area contributed by atoms with Crippen molar-refractivity contribution in [3.05, 3.63) is 11.5 Å². The van der Waals surface area contributed by atoms with E-state index < -0.39 is 12.7 Å². The van der Waals surface area contributed by atoms with Crippen LogP contribution >= 0.6 is 11.6 Å². The number of nitrogens with one attached hydrogen (secondary N) is 1. The van der Waals surface area contributed by atoms with Crippen molar-refractivity contribution in [2.45, 2.75) is 6.18 Å². The second-order valence-electron chi connectivity index (χ2n) is 2.40. The van der Waals surface area contributed by atoms with Crippen LogP contribution in [0, 0.1) is 0 Å². The third kappa shape index (κ3) is 2.91. The summed E-state index contributed by atoms with van der Waals surface area (Å²) in [6.45, 7) is -1.22. The first kappa shape index (κ1) is 10.8. The highest BCUT2D eigenvalue weighted by molar-refractivity contribution is 6.32. The molecule has 1 rings (SSSR count). The molecule has 78 valence electrons. The molecule has 0 fully saturated rings. The standard InChI is InChI=1S/C6H6ClF3N4/c7-4-3(11)5(14-2-13-4)12-1-6(8,9)10/h2H,1,11H2,(H,12,13,14). The Balaban J connectivity index is 2.73. The van der Waals surface area contributed by atoms with Gasteiger partial charge in [-0.2, -0.15) is 13.2 Å². The lowest BCUT2D eigenvalue weighted by Crippen LogP contribution is -2.22. The number of alkyl halides is 3. The summed E-state index contributed by atoms with van der Waals surface area (Å²) in [6, 6.07) is 0. The fraction of sp³-hybridized carbons (Fsp3) is 0.333. The van der Waals surface area contributed by atoms with E-state index in [1.54, 1.807) is 0 Å². The van der Waals surface area contributed by atoms with E-state index in [4.69, 9.17) is 17.3 Å². The van der Waals surface area contributed by atoms with Crippen molar-refractivity contribution in [3.8, 4) is 0 Å². The van der Waals surface area contributed by atoms with Gasteiger partial charge in [-0.25, -0.2) is 9.97 Å². The van der Waals surface area contributed by atoms with Crippen molar-refractivity contribution in [2.24, 2.45) is 0 Å². The van der Waals surface area contributed by atoms with Crippen molar-refractivity contribution in [2.75, 3.05) is 17.6 Å². The minimum Gasteiger partial charge on any atom is -0.393 e. The number of hydrogen-bond donors (Lipinski definition) is 2. The Morgan fingerprint density at radius 3 is 2.64 bits per heavy atom. The van der Waals surface area contributed by atoms with Crippen LogP contribution < -0.4 is 11.1 Å². The summed E-state index contributed by atoms with van der Waals surface area (Å²) in [5.74, 6) is -0.123. The normalized spacial score (nSPS) is 11.4. The van der Waals surface area contributed by atoms with Gasteiger partial charge in [0.25, 0.3) is 0 Å². The second kappa shape index (κ2) is 3.87. The number of aromatic nitrogens is 2. The van der Waals surface area contributed by atoms with Crippen LogP contribution in [0.25, 0.3) is 0 Å². The number of nitrogens with two attached hydrogens (primary N) is 1. The van der Waals surface area contributed by atoms with Crippen molar-refractivity contribution in [3.63, 3.8) is 0 Å². The molecule has 1 heterocycles. The molecule has 0 spiro atoms. The number of nitrogen functional groups attached to an aromatic ring is 1. The van der Waals surface area contributed by atoms with E-state index in [9.17, 15) is 13.2 Å². The fourth-order valence-electron chi connectivity index (χ4n) is 0.699. The van der Waals surface area contributed by atoms with Crippen LogP contribution in [0.1, 0.15) is 0 Å². The van der Waals surface area contributed by atoms with Gasteiger partial charge >= 0.3 is 6.18 Å². The molecule has 1 aromatic heterocycles. The van der Waals surface area contributed by atoms with Crippen LogP contribution in [-0.4, -0.2) is 22.7 Å². The summed E-state index contributed by atoms with van der Waals surface area (Å²) in [7, 11) is 0. The van der Waals surface area contributed by atoms with Gasteiger partial charge in [-0.15, -0.1) is 0 Å². The Kier molecular flexibility index (Phi) is 3.00. The smallest absolute Gasteiger partial charge is 0.393 e. The highest BCUT2D eigenvalue weighted by Gasteiger charge is 2.27. The lowest BCUT2D eigenvalue weighted by molar-refractivity contribution is -0.115. The monoisotopic (exact) mass is 226 g/mol. The zero-order valence-electron chi connectivity index (χ0n) is 6.77. The molecule has 4 nitrogen and oxygen atoms in total. The van der Waals surface area contributed by atoms with Crippen LogP contribution in [0.15, 0.2) is 6.33 Å². The lowest BCUT2D eigenvalue weighted by Gasteiger charge is -2.10. The summed E-state index contributed by atoms with van der Waals surface area (Å²) in [4.78, 5) is 7.00. The Morgan fingerprint density at radius 2 is 2.07 bits per heavy atom. The molecule has 0 bridgehead atoms. The second-order valence-corrected chi connectivity index (χ2v) is 2.75. The summed E-state index contributed by atoms with van der Waals surface area (Å²) in [5.41, 5.74) is 5.23. The molecule has 0 saturated heterocycles. The van der Waals surface area contributed by atoms with Crippen molar-refractivity contribution < 1.29 is 13.2 Å². The number of rotatable bonds is 2. The molecule has 0 saturated carbocycles. The zero-order chi connectivity index (χ0) is 10.8. The van der Waals surface area contributed by atoms with E-state index in [2.05, 4.69) is 9.97 Å². The van der Waals surface area contributed by atoms with E-state index in [1.807, 2.05) is 5.32 Å². The van der Waals surface area contributed by atoms with Crippen LogP contribution in [0.4, 0.5) is 24.7 Å². The maximum Gasteiger partial charge on any atom is 0.405 e. The molecule has 0 aromatic carbocycles. The van der Waals surface area contributed by atoms with Gasteiger partial charge in [0.2, 0.25) is 0 Å². The molecule has 8 heteroatoms. The molecule has 3 N–H and O–H groups in total. The summed E-state index contributed by atoms with van der Waals surface area (Å²) >= 11 is 5.47. The van der Waals surface area contributed by atoms with E-state index in [0.29, 0.717) is 0 Å². The number of halogens is 4. The first-order valence-electron chi connectivity index (χ1n) is 3.47.